The summed E-state index contributed by atoms with van der Waals surface area (Å²) in [6.45, 7) is 4.40. The van der Waals surface area contributed by atoms with Gasteiger partial charge in [0.05, 0.1) is 11.9 Å². The number of nitrogens with one attached hydrogen (secondary N) is 2. The zero-order valence-corrected chi connectivity index (χ0v) is 12.4. The van der Waals surface area contributed by atoms with Crippen molar-refractivity contribution in [3.63, 3.8) is 0 Å². The summed E-state index contributed by atoms with van der Waals surface area (Å²) in [4.78, 5) is 24.9. The van der Waals surface area contributed by atoms with Gasteiger partial charge in [-0.1, -0.05) is 19.9 Å². The van der Waals surface area contributed by atoms with Gasteiger partial charge in [0, 0.05) is 31.9 Å². The Hall–Kier alpha value is -2.50. The van der Waals surface area contributed by atoms with Crippen LogP contribution in [-0.2, 0) is 6.54 Å². The Kier molecular flexibility index (Phi) is 4.81. The van der Waals surface area contributed by atoms with Gasteiger partial charge in [-0.15, -0.1) is 0 Å². The number of rotatable bonds is 5. The van der Waals surface area contributed by atoms with E-state index >= 15 is 0 Å². The Morgan fingerprint density at radius 2 is 2.14 bits per heavy atom. The minimum Gasteiger partial charge on any atom is -0.385 e. The minimum atomic E-state index is -0.229. The van der Waals surface area contributed by atoms with Gasteiger partial charge >= 0.3 is 0 Å². The molecule has 2 aromatic heterocycles. The van der Waals surface area contributed by atoms with Crippen molar-refractivity contribution in [2.24, 2.45) is 0 Å². The molecule has 0 aliphatic carbocycles. The largest absolute Gasteiger partial charge is 0.385 e. The first-order chi connectivity index (χ1) is 10.1. The molecule has 0 saturated heterocycles. The second-order valence-corrected chi connectivity index (χ2v) is 4.94. The van der Waals surface area contributed by atoms with Gasteiger partial charge in [-0.2, -0.15) is 0 Å². The van der Waals surface area contributed by atoms with E-state index in [4.69, 9.17) is 0 Å². The molecule has 2 aromatic rings. The van der Waals surface area contributed by atoms with Gasteiger partial charge in [-0.25, -0.2) is 9.97 Å². The predicted molar refractivity (Wildman–Crippen MR) is 81.1 cm³/mol. The van der Waals surface area contributed by atoms with Crippen LogP contribution in [0.15, 0.2) is 30.7 Å². The predicted octanol–water partition coefficient (Wildman–Crippen LogP) is 1.97. The fourth-order valence-electron chi connectivity index (χ4n) is 1.80. The lowest BCUT2D eigenvalue weighted by Crippen LogP contribution is -2.25. The van der Waals surface area contributed by atoms with Crippen LogP contribution >= 0.6 is 0 Å². The van der Waals surface area contributed by atoms with Gasteiger partial charge in [0.1, 0.15) is 5.82 Å². The highest BCUT2D eigenvalue weighted by Gasteiger charge is 2.15. The smallest absolute Gasteiger partial charge is 0.272 e. The number of carbonyl (C=O) groups is 1. The fraction of sp³-hybridized carbons (Fsp3) is 0.333. The third kappa shape index (κ3) is 3.75. The Morgan fingerprint density at radius 3 is 2.76 bits per heavy atom. The normalized spacial score (nSPS) is 10.5. The van der Waals surface area contributed by atoms with Gasteiger partial charge in [-0.05, 0) is 11.6 Å². The maximum absolute atomic E-state index is 12.3. The zero-order valence-electron chi connectivity index (χ0n) is 12.4. The van der Waals surface area contributed by atoms with E-state index in [2.05, 4.69) is 25.6 Å². The molecule has 0 spiro atoms. The van der Waals surface area contributed by atoms with Crippen molar-refractivity contribution in [1.82, 2.24) is 20.3 Å². The van der Waals surface area contributed by atoms with Gasteiger partial charge in [0.25, 0.3) is 5.91 Å². The maximum Gasteiger partial charge on any atom is 0.272 e. The van der Waals surface area contributed by atoms with Crippen molar-refractivity contribution in [3.8, 4) is 0 Å². The SMILES string of the molecule is CNc1cnc(C(C)C)nc1C(=O)NCc1cccnc1. The van der Waals surface area contributed by atoms with E-state index in [9.17, 15) is 4.79 Å². The van der Waals surface area contributed by atoms with E-state index in [0.717, 1.165) is 5.56 Å². The molecule has 110 valence electrons. The van der Waals surface area contributed by atoms with Crippen LogP contribution in [-0.4, -0.2) is 27.9 Å². The standard InChI is InChI=1S/C15H19N5O/c1-10(2)14-18-9-12(16-3)13(20-14)15(21)19-8-11-5-4-6-17-7-11/h4-7,9-10,16H,8H2,1-3H3,(H,19,21). The lowest BCUT2D eigenvalue weighted by atomic mass is 10.2. The molecular weight excluding hydrogens is 266 g/mol. The van der Waals surface area contributed by atoms with Crippen molar-refractivity contribution in [2.75, 3.05) is 12.4 Å². The minimum absolute atomic E-state index is 0.167. The van der Waals surface area contributed by atoms with E-state index < -0.39 is 0 Å². The number of anilines is 1. The van der Waals surface area contributed by atoms with Crippen molar-refractivity contribution >= 4 is 11.6 Å². The molecule has 0 aromatic carbocycles. The molecule has 0 radical (unpaired) electrons. The van der Waals surface area contributed by atoms with E-state index in [1.807, 2.05) is 26.0 Å². The number of amides is 1. The summed E-state index contributed by atoms with van der Waals surface area (Å²) in [5, 5.41) is 5.79. The Bertz CT molecular complexity index is 613. The lowest BCUT2D eigenvalue weighted by Gasteiger charge is -2.11. The third-order valence-corrected chi connectivity index (χ3v) is 2.98. The van der Waals surface area contributed by atoms with Crippen LogP contribution in [0.2, 0.25) is 0 Å². The molecule has 2 N–H and O–H groups in total. The van der Waals surface area contributed by atoms with Crippen LogP contribution < -0.4 is 10.6 Å². The molecule has 0 aliphatic rings. The molecule has 2 heterocycles. The van der Waals surface area contributed by atoms with Crippen LogP contribution in [0.3, 0.4) is 0 Å². The maximum atomic E-state index is 12.3. The Morgan fingerprint density at radius 1 is 1.33 bits per heavy atom. The number of carbonyl (C=O) groups excluding carboxylic acids is 1. The van der Waals surface area contributed by atoms with E-state index in [1.165, 1.54) is 0 Å². The average Bonchev–Trinajstić information content (AvgIpc) is 2.52. The van der Waals surface area contributed by atoms with Gasteiger partial charge in [0.15, 0.2) is 5.69 Å². The molecule has 0 fully saturated rings. The van der Waals surface area contributed by atoms with Crippen LogP contribution in [0, 0.1) is 0 Å². The van der Waals surface area contributed by atoms with Crippen LogP contribution in [0.1, 0.15) is 41.6 Å². The molecule has 0 aliphatic heterocycles. The first-order valence-corrected chi connectivity index (χ1v) is 6.83. The molecule has 21 heavy (non-hydrogen) atoms. The van der Waals surface area contributed by atoms with Gasteiger partial charge < -0.3 is 10.6 Å². The lowest BCUT2D eigenvalue weighted by molar-refractivity contribution is 0.0946. The highest BCUT2D eigenvalue weighted by Crippen LogP contribution is 2.15. The van der Waals surface area contributed by atoms with Gasteiger partial charge in [0.2, 0.25) is 0 Å². The van der Waals surface area contributed by atoms with E-state index in [1.54, 1.807) is 25.6 Å². The van der Waals surface area contributed by atoms with Crippen LogP contribution in [0.25, 0.3) is 0 Å². The molecule has 0 atom stereocenters. The van der Waals surface area contributed by atoms with Crippen LogP contribution in [0.5, 0.6) is 0 Å². The summed E-state index contributed by atoms with van der Waals surface area (Å²) in [5.74, 6) is 0.591. The number of hydrogen-bond donors (Lipinski definition) is 2. The summed E-state index contributed by atoms with van der Waals surface area (Å²) >= 11 is 0. The second-order valence-electron chi connectivity index (χ2n) is 4.94. The number of pyridine rings is 1. The van der Waals surface area contributed by atoms with E-state index in [0.29, 0.717) is 23.8 Å². The van der Waals surface area contributed by atoms with Crippen molar-refractivity contribution in [1.29, 1.82) is 0 Å². The quantitative estimate of drug-likeness (QED) is 0.878. The molecule has 6 heteroatoms. The first kappa shape index (κ1) is 14.9. The van der Waals surface area contributed by atoms with Crippen LogP contribution in [0.4, 0.5) is 5.69 Å². The fourth-order valence-corrected chi connectivity index (χ4v) is 1.80. The van der Waals surface area contributed by atoms with Crippen molar-refractivity contribution in [2.45, 2.75) is 26.3 Å². The molecule has 0 bridgehead atoms. The van der Waals surface area contributed by atoms with Crippen molar-refractivity contribution in [3.05, 3.63) is 47.8 Å². The van der Waals surface area contributed by atoms with E-state index in [-0.39, 0.29) is 11.8 Å². The first-order valence-electron chi connectivity index (χ1n) is 6.83. The molecule has 1 amide bonds. The Balaban J connectivity index is 2.15. The monoisotopic (exact) mass is 285 g/mol. The zero-order chi connectivity index (χ0) is 15.2. The number of aromatic nitrogens is 3. The highest BCUT2D eigenvalue weighted by atomic mass is 16.1. The Labute approximate surface area is 124 Å². The molecule has 6 nitrogen and oxygen atoms in total. The topological polar surface area (TPSA) is 79.8 Å². The summed E-state index contributed by atoms with van der Waals surface area (Å²) in [6, 6.07) is 3.74. The number of nitrogens with zero attached hydrogens (tertiary/aromatic N) is 3. The summed E-state index contributed by atoms with van der Waals surface area (Å²) in [7, 11) is 1.74. The second kappa shape index (κ2) is 6.78. The molecular formula is C15H19N5O. The third-order valence-electron chi connectivity index (χ3n) is 2.98. The molecule has 0 saturated carbocycles. The molecule has 0 unspecified atom stereocenters. The number of hydrogen-bond acceptors (Lipinski definition) is 5. The molecule has 2 rings (SSSR count). The average molecular weight is 285 g/mol. The summed E-state index contributed by atoms with van der Waals surface area (Å²) in [6.07, 6.45) is 5.06. The van der Waals surface area contributed by atoms with Gasteiger partial charge in [-0.3, -0.25) is 9.78 Å². The highest BCUT2D eigenvalue weighted by molar-refractivity contribution is 5.97. The summed E-state index contributed by atoms with van der Waals surface area (Å²) < 4.78 is 0. The summed E-state index contributed by atoms with van der Waals surface area (Å²) in [5.41, 5.74) is 1.91. The van der Waals surface area contributed by atoms with Crippen molar-refractivity contribution < 1.29 is 4.79 Å².